The fraction of sp³-hybridized carbons (Fsp3) is 0.833. The third-order valence-electron chi connectivity index (χ3n) is 2.82. The van der Waals surface area contributed by atoms with Crippen molar-refractivity contribution in [2.75, 3.05) is 6.54 Å². The van der Waals surface area contributed by atoms with Gasteiger partial charge in [0.25, 0.3) is 0 Å². The molecule has 0 aromatic carbocycles. The summed E-state index contributed by atoms with van der Waals surface area (Å²) in [5.41, 5.74) is 5.57. The maximum absolute atomic E-state index is 12.2. The molecular formula is C12H24N2O3. The summed E-state index contributed by atoms with van der Waals surface area (Å²) in [7, 11) is 0. The van der Waals surface area contributed by atoms with Crippen LogP contribution in [0.1, 0.15) is 41.0 Å². The zero-order valence-corrected chi connectivity index (χ0v) is 11.4. The Morgan fingerprint density at radius 1 is 1.35 bits per heavy atom. The summed E-state index contributed by atoms with van der Waals surface area (Å²) < 4.78 is 0. The summed E-state index contributed by atoms with van der Waals surface area (Å²) in [6.45, 7) is 9.70. The first-order valence-electron chi connectivity index (χ1n) is 5.89. The van der Waals surface area contributed by atoms with E-state index in [0.717, 1.165) is 0 Å². The monoisotopic (exact) mass is 244 g/mol. The molecule has 5 nitrogen and oxygen atoms in total. The molecule has 2 atom stereocenters. The van der Waals surface area contributed by atoms with Gasteiger partial charge in [-0.2, -0.15) is 0 Å². The molecule has 0 aromatic heterocycles. The summed E-state index contributed by atoms with van der Waals surface area (Å²) in [4.78, 5) is 24.3. The Morgan fingerprint density at radius 2 is 1.82 bits per heavy atom. The minimum atomic E-state index is -0.909. The van der Waals surface area contributed by atoms with Gasteiger partial charge in [0.15, 0.2) is 0 Å². The van der Waals surface area contributed by atoms with Crippen LogP contribution in [0.4, 0.5) is 0 Å². The van der Waals surface area contributed by atoms with Gasteiger partial charge >= 0.3 is 5.97 Å². The number of hydrogen-bond donors (Lipinski definition) is 2. The van der Waals surface area contributed by atoms with Gasteiger partial charge in [-0.1, -0.05) is 20.8 Å². The van der Waals surface area contributed by atoms with Crippen molar-refractivity contribution in [1.82, 2.24) is 4.90 Å². The molecule has 0 bridgehead atoms. The lowest BCUT2D eigenvalue weighted by Gasteiger charge is -2.34. The molecule has 0 fully saturated rings. The van der Waals surface area contributed by atoms with E-state index in [4.69, 9.17) is 10.8 Å². The molecule has 3 N–H and O–H groups in total. The average Bonchev–Trinajstić information content (AvgIpc) is 2.14. The lowest BCUT2D eigenvalue weighted by Crippen LogP contribution is -2.53. The lowest BCUT2D eigenvalue weighted by atomic mass is 9.86. The molecule has 5 heteroatoms. The quantitative estimate of drug-likeness (QED) is 0.757. The van der Waals surface area contributed by atoms with Crippen LogP contribution in [-0.2, 0) is 9.59 Å². The van der Waals surface area contributed by atoms with Crippen LogP contribution in [0.2, 0.25) is 0 Å². The van der Waals surface area contributed by atoms with Crippen molar-refractivity contribution in [3.63, 3.8) is 0 Å². The standard InChI is InChI=1S/C12H24N2O3/c1-6-14(8(2)7-9(15)16)11(17)10(13)12(3,4)5/h8,10H,6-7,13H2,1-5H3,(H,15,16). The highest BCUT2D eigenvalue weighted by atomic mass is 16.4. The molecule has 0 rings (SSSR count). The van der Waals surface area contributed by atoms with E-state index in [9.17, 15) is 9.59 Å². The number of nitrogens with zero attached hydrogens (tertiary/aromatic N) is 1. The van der Waals surface area contributed by atoms with E-state index in [1.807, 2.05) is 27.7 Å². The molecule has 0 aliphatic rings. The number of nitrogens with two attached hydrogens (primary N) is 1. The highest BCUT2D eigenvalue weighted by Gasteiger charge is 2.32. The Hall–Kier alpha value is -1.10. The predicted molar refractivity (Wildman–Crippen MR) is 66.5 cm³/mol. The minimum Gasteiger partial charge on any atom is -0.481 e. The van der Waals surface area contributed by atoms with Gasteiger partial charge in [0, 0.05) is 12.6 Å². The molecule has 0 radical (unpaired) electrons. The summed E-state index contributed by atoms with van der Waals surface area (Å²) in [6.07, 6.45) is -0.0591. The maximum atomic E-state index is 12.2. The number of rotatable bonds is 5. The number of carboxylic acids is 1. The first kappa shape index (κ1) is 15.9. The minimum absolute atomic E-state index is 0.0591. The van der Waals surface area contributed by atoms with Crippen LogP contribution in [0.3, 0.4) is 0 Å². The number of likely N-dealkylation sites (N-methyl/N-ethyl adjacent to an activating group) is 1. The van der Waals surface area contributed by atoms with Gasteiger partial charge in [-0.05, 0) is 19.3 Å². The van der Waals surface area contributed by atoms with Crippen LogP contribution in [0.15, 0.2) is 0 Å². The summed E-state index contributed by atoms with van der Waals surface area (Å²) in [5, 5.41) is 8.74. The van der Waals surface area contributed by atoms with E-state index < -0.39 is 12.0 Å². The molecule has 0 spiro atoms. The van der Waals surface area contributed by atoms with E-state index in [1.165, 1.54) is 4.90 Å². The number of carbonyl (C=O) groups excluding carboxylic acids is 1. The second-order valence-corrected chi connectivity index (χ2v) is 5.41. The summed E-state index contributed by atoms with van der Waals surface area (Å²) in [6, 6.07) is -0.947. The van der Waals surface area contributed by atoms with Crippen molar-refractivity contribution >= 4 is 11.9 Å². The van der Waals surface area contributed by atoms with Gasteiger partial charge in [0.05, 0.1) is 12.5 Å². The molecule has 2 unspecified atom stereocenters. The van der Waals surface area contributed by atoms with Gasteiger partial charge in [0.1, 0.15) is 0 Å². The molecule has 0 aromatic rings. The first-order valence-corrected chi connectivity index (χ1v) is 5.89. The van der Waals surface area contributed by atoms with Gasteiger partial charge < -0.3 is 15.7 Å². The van der Waals surface area contributed by atoms with E-state index in [-0.39, 0.29) is 23.8 Å². The van der Waals surface area contributed by atoms with Gasteiger partial charge in [-0.3, -0.25) is 9.59 Å². The third-order valence-corrected chi connectivity index (χ3v) is 2.82. The molecule has 0 heterocycles. The van der Waals surface area contributed by atoms with Crippen molar-refractivity contribution in [1.29, 1.82) is 0 Å². The Balaban J connectivity index is 4.77. The Bertz CT molecular complexity index is 284. The van der Waals surface area contributed by atoms with Crippen LogP contribution >= 0.6 is 0 Å². The molecule has 0 aliphatic heterocycles. The topological polar surface area (TPSA) is 83.6 Å². The van der Waals surface area contributed by atoms with Crippen molar-refractivity contribution in [2.45, 2.75) is 53.1 Å². The number of amides is 1. The molecule has 100 valence electrons. The SMILES string of the molecule is CCN(C(=O)C(N)C(C)(C)C)C(C)CC(=O)O. The second kappa shape index (κ2) is 6.00. The van der Waals surface area contributed by atoms with Crippen LogP contribution in [0, 0.1) is 5.41 Å². The van der Waals surface area contributed by atoms with Crippen molar-refractivity contribution in [3.05, 3.63) is 0 Å². The maximum Gasteiger partial charge on any atom is 0.305 e. The van der Waals surface area contributed by atoms with E-state index in [2.05, 4.69) is 0 Å². The molecule has 0 saturated heterocycles. The summed E-state index contributed by atoms with van der Waals surface area (Å²) >= 11 is 0. The van der Waals surface area contributed by atoms with E-state index in [0.29, 0.717) is 6.54 Å². The number of aliphatic carboxylic acids is 1. The van der Waals surface area contributed by atoms with E-state index >= 15 is 0 Å². The smallest absolute Gasteiger partial charge is 0.305 e. The zero-order chi connectivity index (χ0) is 13.8. The fourth-order valence-corrected chi connectivity index (χ4v) is 1.60. The van der Waals surface area contributed by atoms with Crippen LogP contribution in [0.25, 0.3) is 0 Å². The Labute approximate surface area is 103 Å². The largest absolute Gasteiger partial charge is 0.481 e. The zero-order valence-electron chi connectivity index (χ0n) is 11.4. The van der Waals surface area contributed by atoms with Gasteiger partial charge in [-0.25, -0.2) is 0 Å². The Kier molecular flexibility index (Phi) is 5.61. The van der Waals surface area contributed by atoms with Crippen molar-refractivity contribution in [3.8, 4) is 0 Å². The molecule has 0 saturated carbocycles. The highest BCUT2D eigenvalue weighted by Crippen LogP contribution is 2.20. The number of carboxylic acid groups (broad SMARTS) is 1. The van der Waals surface area contributed by atoms with Gasteiger partial charge in [-0.15, -0.1) is 0 Å². The molecule has 17 heavy (non-hydrogen) atoms. The lowest BCUT2D eigenvalue weighted by molar-refractivity contribution is -0.141. The molecular weight excluding hydrogens is 220 g/mol. The van der Waals surface area contributed by atoms with Gasteiger partial charge in [0.2, 0.25) is 5.91 Å². The average molecular weight is 244 g/mol. The Morgan fingerprint density at radius 3 is 2.12 bits per heavy atom. The predicted octanol–water partition coefficient (Wildman–Crippen LogP) is 1.07. The van der Waals surface area contributed by atoms with Crippen LogP contribution < -0.4 is 5.73 Å². The summed E-state index contributed by atoms with van der Waals surface area (Å²) in [5.74, 6) is -1.10. The first-order chi connectivity index (χ1) is 7.61. The second-order valence-electron chi connectivity index (χ2n) is 5.41. The van der Waals surface area contributed by atoms with Crippen molar-refractivity contribution < 1.29 is 14.7 Å². The highest BCUT2D eigenvalue weighted by molar-refractivity contribution is 5.83. The molecule has 1 amide bonds. The fourth-order valence-electron chi connectivity index (χ4n) is 1.60. The van der Waals surface area contributed by atoms with Crippen molar-refractivity contribution in [2.24, 2.45) is 11.1 Å². The van der Waals surface area contributed by atoms with Crippen LogP contribution in [0.5, 0.6) is 0 Å². The number of hydrogen-bond acceptors (Lipinski definition) is 3. The third kappa shape index (κ3) is 4.73. The normalized spacial score (nSPS) is 15.2. The van der Waals surface area contributed by atoms with Crippen LogP contribution in [-0.4, -0.2) is 40.5 Å². The molecule has 0 aliphatic carbocycles. The number of carbonyl (C=O) groups is 2. The van der Waals surface area contributed by atoms with E-state index in [1.54, 1.807) is 6.92 Å².